The lowest BCUT2D eigenvalue weighted by Crippen LogP contribution is -2.00. The van der Waals surface area contributed by atoms with Crippen molar-refractivity contribution in [3.63, 3.8) is 0 Å². The summed E-state index contributed by atoms with van der Waals surface area (Å²) >= 11 is 0. The maximum atomic E-state index is 5.52. The Hall–Kier alpha value is -7.36. The normalized spacial score (nSPS) is 11.3. The van der Waals surface area contributed by atoms with Gasteiger partial charge in [-0.2, -0.15) is 5.10 Å². The average Bonchev–Trinajstić information content (AvgIpc) is 3.68. The zero-order valence-corrected chi connectivity index (χ0v) is 30.0. The first-order valence-electron chi connectivity index (χ1n) is 18.7. The van der Waals surface area contributed by atoms with E-state index in [1.807, 2.05) is 12.1 Å². The predicted octanol–water partition coefficient (Wildman–Crippen LogP) is 13.6. The highest BCUT2D eigenvalue weighted by Gasteiger charge is 2.25. The van der Waals surface area contributed by atoms with Gasteiger partial charge in [-0.3, -0.25) is 0 Å². The molecule has 0 aliphatic carbocycles. The summed E-state index contributed by atoms with van der Waals surface area (Å²) in [5, 5.41) is 7.86. The minimum atomic E-state index is 0.950. The quantitative estimate of drug-likeness (QED) is 0.166. The summed E-state index contributed by atoms with van der Waals surface area (Å²) in [5.74, 6) is 0. The molecule has 0 saturated carbocycles. The molecule has 0 unspecified atom stereocenters. The molecule has 0 amide bonds. The van der Waals surface area contributed by atoms with Crippen molar-refractivity contribution >= 4 is 16.3 Å². The van der Waals surface area contributed by atoms with Gasteiger partial charge in [-0.15, -0.1) is 0 Å². The van der Waals surface area contributed by atoms with E-state index in [0.29, 0.717) is 0 Å². The molecular weight excluding hydrogens is 667 g/mol. The van der Waals surface area contributed by atoms with Gasteiger partial charge in [-0.25, -0.2) is 9.50 Å². The summed E-state index contributed by atoms with van der Waals surface area (Å²) in [6.07, 6.45) is 0. The Morgan fingerprint density at radius 2 is 0.727 bits per heavy atom. The largest absolute Gasteiger partial charge is 0.248 e. The molecule has 3 heterocycles. The fraction of sp³-hybridized carbons (Fsp3) is 0. The average molecular weight is 702 g/mol. The van der Waals surface area contributed by atoms with Crippen LogP contribution < -0.4 is 0 Å². The van der Waals surface area contributed by atoms with Crippen LogP contribution in [0.5, 0.6) is 0 Å². The van der Waals surface area contributed by atoms with Crippen molar-refractivity contribution in [2.75, 3.05) is 0 Å². The molecule has 3 nitrogen and oxygen atoms in total. The molecule has 3 heteroatoms. The minimum Gasteiger partial charge on any atom is -0.248 e. The molecule has 0 radical (unpaired) electrons. The van der Waals surface area contributed by atoms with Crippen molar-refractivity contribution in [3.8, 4) is 78.4 Å². The summed E-state index contributed by atoms with van der Waals surface area (Å²) in [6.45, 7) is 0. The zero-order chi connectivity index (χ0) is 36.6. The smallest absolute Gasteiger partial charge is 0.101 e. The van der Waals surface area contributed by atoms with E-state index in [1.165, 1.54) is 5.39 Å². The van der Waals surface area contributed by atoms with Crippen molar-refractivity contribution in [2.24, 2.45) is 0 Å². The van der Waals surface area contributed by atoms with Crippen LogP contribution in [-0.4, -0.2) is 14.6 Å². The molecule has 0 N–H and O–H groups in total. The van der Waals surface area contributed by atoms with E-state index in [4.69, 9.17) is 10.1 Å². The van der Waals surface area contributed by atoms with E-state index in [9.17, 15) is 0 Å². The van der Waals surface area contributed by atoms with Gasteiger partial charge in [0.25, 0.3) is 0 Å². The second kappa shape index (κ2) is 13.9. The van der Waals surface area contributed by atoms with Crippen LogP contribution >= 0.6 is 0 Å². The monoisotopic (exact) mass is 701 g/mol. The van der Waals surface area contributed by atoms with Crippen molar-refractivity contribution in [2.45, 2.75) is 0 Å². The number of hydrogen-bond donors (Lipinski definition) is 0. The Labute approximate surface area is 320 Å². The highest BCUT2D eigenvalue weighted by Crippen LogP contribution is 2.46. The molecule has 3 aromatic heterocycles. The van der Waals surface area contributed by atoms with Crippen LogP contribution in [0, 0.1) is 0 Å². The van der Waals surface area contributed by atoms with Crippen LogP contribution in [0.1, 0.15) is 0 Å². The maximum absolute atomic E-state index is 5.52. The Balaban J connectivity index is 1.22. The maximum Gasteiger partial charge on any atom is 0.101 e. The van der Waals surface area contributed by atoms with Crippen LogP contribution in [0.3, 0.4) is 0 Å². The lowest BCUT2D eigenvalue weighted by Gasteiger charge is -2.18. The van der Waals surface area contributed by atoms with Gasteiger partial charge in [0, 0.05) is 38.8 Å². The number of nitrogens with zero attached hydrogens (tertiary/aromatic N) is 3. The molecule has 0 aliphatic rings. The van der Waals surface area contributed by atoms with Crippen LogP contribution in [0.2, 0.25) is 0 Å². The van der Waals surface area contributed by atoms with Crippen molar-refractivity contribution in [3.05, 3.63) is 212 Å². The molecule has 0 bridgehead atoms. The first-order chi connectivity index (χ1) is 27.3. The molecule has 0 atom stereocenters. The number of aromatic nitrogens is 3. The van der Waals surface area contributed by atoms with E-state index in [1.54, 1.807) is 0 Å². The summed E-state index contributed by atoms with van der Waals surface area (Å²) in [7, 11) is 0. The molecule has 0 aliphatic heterocycles. The lowest BCUT2D eigenvalue weighted by atomic mass is 9.90. The zero-order valence-electron chi connectivity index (χ0n) is 30.0. The Morgan fingerprint density at radius 1 is 0.309 bits per heavy atom. The van der Waals surface area contributed by atoms with E-state index >= 15 is 0 Å². The number of hydrogen-bond acceptors (Lipinski definition) is 2. The summed E-state index contributed by atoms with van der Waals surface area (Å²) in [4.78, 5) is 5.12. The van der Waals surface area contributed by atoms with Gasteiger partial charge in [-0.05, 0) is 39.8 Å². The topological polar surface area (TPSA) is 30.2 Å². The van der Waals surface area contributed by atoms with Gasteiger partial charge in [0.1, 0.15) is 5.69 Å². The molecule has 10 aromatic rings. The van der Waals surface area contributed by atoms with Crippen LogP contribution in [0.25, 0.3) is 94.7 Å². The van der Waals surface area contributed by atoms with E-state index < -0.39 is 0 Å². The SMILES string of the molecule is c1ccc(-c2cc(-c3ccc(-c4c(-c5ccccc5)n5nc(-c6ccccc6)c(-c6ccccc6)c5c5ccccc45)cc3)cc(-c3ccccc3)n2)cc1. The van der Waals surface area contributed by atoms with Gasteiger partial charge in [-0.1, -0.05) is 200 Å². The third-order valence-electron chi connectivity index (χ3n) is 10.4. The van der Waals surface area contributed by atoms with Gasteiger partial charge in [0.05, 0.1) is 22.6 Å². The summed E-state index contributed by atoms with van der Waals surface area (Å²) in [5.41, 5.74) is 16.2. The second-order valence-electron chi connectivity index (χ2n) is 13.8. The Kier molecular flexibility index (Phi) is 8.16. The van der Waals surface area contributed by atoms with Gasteiger partial charge in [0.15, 0.2) is 0 Å². The highest BCUT2D eigenvalue weighted by atomic mass is 15.2. The molecule has 0 spiro atoms. The first kappa shape index (κ1) is 32.3. The van der Waals surface area contributed by atoms with Crippen LogP contribution in [0.15, 0.2) is 212 Å². The molecule has 10 rings (SSSR count). The number of fused-ring (bicyclic) bond motifs is 3. The van der Waals surface area contributed by atoms with Crippen molar-refractivity contribution in [1.29, 1.82) is 0 Å². The summed E-state index contributed by atoms with van der Waals surface area (Å²) in [6, 6.07) is 75.0. The fourth-order valence-electron chi connectivity index (χ4n) is 7.84. The van der Waals surface area contributed by atoms with Gasteiger partial charge < -0.3 is 0 Å². The van der Waals surface area contributed by atoms with Gasteiger partial charge in [0.2, 0.25) is 0 Å². The standard InChI is InChI=1S/C52H35N3/c1-6-18-37(19-7-1)46-34-43(35-47(53-46)38-20-8-2-9-21-38)36-30-32-40(33-31-36)48-44-28-16-17-29-45(44)52-49(39-22-10-3-11-23-39)50(41-24-12-4-13-25-41)54-55(52)51(48)42-26-14-5-15-27-42/h1-35H. The second-order valence-corrected chi connectivity index (χ2v) is 13.8. The number of benzene rings is 7. The van der Waals surface area contributed by atoms with Crippen LogP contribution in [0.4, 0.5) is 0 Å². The number of pyridine rings is 2. The molecule has 55 heavy (non-hydrogen) atoms. The Bertz CT molecular complexity index is 2860. The first-order valence-corrected chi connectivity index (χ1v) is 18.7. The predicted molar refractivity (Wildman–Crippen MR) is 229 cm³/mol. The van der Waals surface area contributed by atoms with Crippen LogP contribution in [-0.2, 0) is 0 Å². The minimum absolute atomic E-state index is 0.950. The Morgan fingerprint density at radius 3 is 1.27 bits per heavy atom. The fourth-order valence-corrected chi connectivity index (χ4v) is 7.84. The van der Waals surface area contributed by atoms with E-state index in [0.717, 1.165) is 89.3 Å². The highest BCUT2D eigenvalue weighted by molar-refractivity contribution is 6.14. The third-order valence-corrected chi connectivity index (χ3v) is 10.4. The molecule has 7 aromatic carbocycles. The van der Waals surface area contributed by atoms with Crippen molar-refractivity contribution in [1.82, 2.24) is 14.6 Å². The molecule has 0 saturated heterocycles. The lowest BCUT2D eigenvalue weighted by molar-refractivity contribution is 0.981. The van der Waals surface area contributed by atoms with E-state index in [2.05, 4.69) is 205 Å². The van der Waals surface area contributed by atoms with Crippen molar-refractivity contribution < 1.29 is 0 Å². The molecule has 0 fully saturated rings. The van der Waals surface area contributed by atoms with Gasteiger partial charge >= 0.3 is 0 Å². The third kappa shape index (κ3) is 5.89. The summed E-state index contributed by atoms with van der Waals surface area (Å²) < 4.78 is 2.20. The molecule has 258 valence electrons. The molecular formula is C52H35N3. The number of rotatable bonds is 7. The van der Waals surface area contributed by atoms with E-state index in [-0.39, 0.29) is 0 Å².